The van der Waals surface area contributed by atoms with E-state index in [4.69, 9.17) is 0 Å². The van der Waals surface area contributed by atoms with Gasteiger partial charge in [0.2, 0.25) is 0 Å². The maximum absolute atomic E-state index is 14.0. The number of hydrogen-bond donors (Lipinski definition) is 2. The maximum Gasteiger partial charge on any atom is 0.487 e. The molecule has 30 heavy (non-hydrogen) atoms. The molecule has 0 saturated carbocycles. The van der Waals surface area contributed by atoms with Crippen molar-refractivity contribution in [3.8, 4) is 5.75 Å². The molecule has 12 heteroatoms. The van der Waals surface area contributed by atoms with Gasteiger partial charge in [-0.05, 0) is 36.4 Å². The van der Waals surface area contributed by atoms with Gasteiger partial charge in [-0.3, -0.25) is 4.79 Å². The molecule has 1 amide bonds. The molecule has 0 aliphatic carbocycles. The van der Waals surface area contributed by atoms with E-state index in [0.717, 1.165) is 24.3 Å². The number of carbonyl (C=O) groups excluding carboxylic acids is 2. The number of nitrogens with one attached hydrogen (secondary N) is 2. The van der Waals surface area contributed by atoms with Gasteiger partial charge in [-0.25, -0.2) is 4.79 Å². The number of methoxy groups -OCH3 is 1. The highest BCUT2D eigenvalue weighted by molar-refractivity contribution is 6.20. The monoisotopic (exact) mass is 452 g/mol. The Balaban J connectivity index is 2.40. The van der Waals surface area contributed by atoms with E-state index in [2.05, 4.69) is 21.1 Å². The summed E-state index contributed by atoms with van der Waals surface area (Å²) in [5, 5.41) is 3.48. The van der Waals surface area contributed by atoms with Crippen LogP contribution >= 0.6 is 11.6 Å². The van der Waals surface area contributed by atoms with E-state index < -0.39 is 35.0 Å². The first-order chi connectivity index (χ1) is 13.9. The Bertz CT molecular complexity index is 888. The van der Waals surface area contributed by atoms with Crippen molar-refractivity contribution in [2.24, 2.45) is 0 Å². The fourth-order valence-corrected chi connectivity index (χ4v) is 2.42. The number of anilines is 1. The van der Waals surface area contributed by atoms with Crippen molar-refractivity contribution in [3.05, 3.63) is 60.2 Å². The van der Waals surface area contributed by atoms with Gasteiger partial charge in [0.15, 0.2) is 0 Å². The first kappa shape index (κ1) is 23.2. The number of benzene rings is 2. The molecule has 2 aromatic rings. The average molecular weight is 453 g/mol. The zero-order chi connectivity index (χ0) is 22.6. The van der Waals surface area contributed by atoms with Crippen LogP contribution in [0.4, 0.5) is 27.6 Å². The van der Waals surface area contributed by atoms with E-state index in [0.29, 0.717) is 7.11 Å². The fraction of sp³-hybridized carbons (Fsp3) is 0.222. The molecule has 0 saturated heterocycles. The Kier molecular flexibility index (Phi) is 6.76. The highest BCUT2D eigenvalue weighted by atomic mass is 35.5. The number of hydrogen-bond acceptors (Lipinski definition) is 5. The Labute approximate surface area is 171 Å². The minimum Gasteiger partial charge on any atom is -0.466 e. The smallest absolute Gasteiger partial charge is 0.466 e. The topological polar surface area (TPSA) is 76.7 Å². The van der Waals surface area contributed by atoms with Gasteiger partial charge >= 0.3 is 23.4 Å². The summed E-state index contributed by atoms with van der Waals surface area (Å²) in [6.07, 6.45) is -5.36. The van der Waals surface area contributed by atoms with Gasteiger partial charge < -0.3 is 20.1 Å². The summed E-state index contributed by atoms with van der Waals surface area (Å²) in [5.41, 5.74) is -8.21. The third-order valence-corrected chi connectivity index (χ3v) is 3.75. The van der Waals surface area contributed by atoms with Crippen LogP contribution in [0.5, 0.6) is 5.75 Å². The molecule has 1 atom stereocenters. The van der Waals surface area contributed by atoms with Gasteiger partial charge in [-0.2, -0.15) is 13.2 Å². The first-order valence-electron chi connectivity index (χ1n) is 8.04. The van der Waals surface area contributed by atoms with Crippen LogP contribution in [0.3, 0.4) is 0 Å². The third kappa shape index (κ3) is 5.50. The van der Waals surface area contributed by atoms with E-state index in [9.17, 15) is 31.5 Å². The molecular formula is C18H14ClF5N2O4. The number of rotatable bonds is 7. The molecule has 162 valence electrons. The van der Waals surface area contributed by atoms with Crippen molar-refractivity contribution in [3.63, 3.8) is 0 Å². The second-order valence-electron chi connectivity index (χ2n) is 5.76. The predicted molar refractivity (Wildman–Crippen MR) is 96.2 cm³/mol. The molecule has 0 fully saturated rings. The van der Waals surface area contributed by atoms with Gasteiger partial charge in [0, 0.05) is 22.9 Å². The van der Waals surface area contributed by atoms with Crippen LogP contribution in [-0.4, -0.2) is 36.4 Å². The molecule has 0 aromatic heterocycles. The molecule has 2 N–H and O–H groups in total. The van der Waals surface area contributed by atoms with E-state index in [-0.39, 0.29) is 11.3 Å². The van der Waals surface area contributed by atoms with Crippen molar-refractivity contribution >= 4 is 29.2 Å². The van der Waals surface area contributed by atoms with Crippen LogP contribution in [0.15, 0.2) is 54.6 Å². The molecule has 0 aliphatic rings. The lowest BCUT2D eigenvalue weighted by atomic mass is 10.1. The molecule has 2 rings (SSSR count). The van der Waals surface area contributed by atoms with Crippen LogP contribution in [0, 0.1) is 0 Å². The van der Waals surface area contributed by atoms with Crippen molar-refractivity contribution < 1.29 is 41.0 Å². The van der Waals surface area contributed by atoms with Gasteiger partial charge in [-0.15, -0.1) is 8.78 Å². The molecule has 0 heterocycles. The second kappa shape index (κ2) is 8.74. The maximum atomic E-state index is 14.0. The zero-order valence-electron chi connectivity index (χ0n) is 15.1. The Morgan fingerprint density at radius 1 is 0.933 bits per heavy atom. The minimum atomic E-state index is -5.36. The van der Waals surface area contributed by atoms with Crippen molar-refractivity contribution in [1.82, 2.24) is 5.32 Å². The van der Waals surface area contributed by atoms with E-state index >= 15 is 0 Å². The summed E-state index contributed by atoms with van der Waals surface area (Å²) in [6, 6.07) is 10.5. The summed E-state index contributed by atoms with van der Waals surface area (Å²) < 4.78 is 75.5. The van der Waals surface area contributed by atoms with Gasteiger partial charge in [0.25, 0.3) is 5.91 Å². The molecule has 1 unspecified atom stereocenters. The van der Waals surface area contributed by atoms with Crippen molar-refractivity contribution in [2.75, 3.05) is 12.4 Å². The minimum absolute atomic E-state index is 0.148. The third-order valence-electron chi connectivity index (χ3n) is 3.67. The molecule has 0 aliphatic heterocycles. The van der Waals surface area contributed by atoms with Crippen LogP contribution in [0.2, 0.25) is 0 Å². The zero-order valence-corrected chi connectivity index (χ0v) is 15.9. The Morgan fingerprint density at radius 3 is 1.97 bits per heavy atom. The predicted octanol–water partition coefficient (Wildman–Crippen LogP) is 4.13. The summed E-state index contributed by atoms with van der Waals surface area (Å²) in [5.74, 6) is -3.52. The lowest BCUT2D eigenvalue weighted by Crippen LogP contribution is -2.69. The molecule has 0 spiro atoms. The second-order valence-corrected chi connectivity index (χ2v) is 6.20. The molecule has 2 aromatic carbocycles. The van der Waals surface area contributed by atoms with E-state index in [1.165, 1.54) is 24.3 Å². The molecule has 0 radical (unpaired) electrons. The number of alkyl halides is 6. The molecular weight excluding hydrogens is 439 g/mol. The van der Waals surface area contributed by atoms with E-state index in [1.54, 1.807) is 11.4 Å². The van der Waals surface area contributed by atoms with Gasteiger partial charge in [-0.1, -0.05) is 18.2 Å². The van der Waals surface area contributed by atoms with E-state index in [1.807, 2.05) is 5.32 Å². The summed E-state index contributed by atoms with van der Waals surface area (Å²) in [4.78, 5) is 24.5. The SMILES string of the molecule is COC(=O)C(NC(=O)c1ccccc1)(Nc1ccc(OC(F)(F)Cl)cc1)C(F)(F)F. The van der Waals surface area contributed by atoms with Gasteiger partial charge in [0.1, 0.15) is 5.75 Å². The number of carbonyl (C=O) groups is 2. The first-order valence-corrected chi connectivity index (χ1v) is 8.42. The highest BCUT2D eigenvalue weighted by Gasteiger charge is 2.63. The Hall–Kier alpha value is -3.08. The highest BCUT2D eigenvalue weighted by Crippen LogP contribution is 2.34. The number of amides is 1. The van der Waals surface area contributed by atoms with Crippen molar-refractivity contribution in [2.45, 2.75) is 17.4 Å². The normalized spacial score (nSPS) is 13.7. The standard InChI is InChI=1S/C18H14ClF5N2O4/c1-29-15(28)16(17(20,21)22,26-14(27)11-5-3-2-4-6-11)25-12-7-9-13(10-8-12)30-18(19,23)24/h2-10,25H,1H3,(H,26,27). The van der Waals surface area contributed by atoms with Crippen LogP contribution in [0.25, 0.3) is 0 Å². The molecule has 0 bridgehead atoms. The summed E-state index contributed by atoms with van der Waals surface area (Å²) >= 11 is 4.62. The lowest BCUT2D eigenvalue weighted by molar-refractivity contribution is -0.203. The number of ether oxygens (including phenoxy) is 2. The average Bonchev–Trinajstić information content (AvgIpc) is 2.66. The Morgan fingerprint density at radius 2 is 1.50 bits per heavy atom. The number of esters is 1. The number of halogens is 6. The summed E-state index contributed by atoms with van der Waals surface area (Å²) in [6.45, 7) is 0. The fourth-order valence-electron chi connectivity index (χ4n) is 2.33. The quantitative estimate of drug-likeness (QED) is 0.286. The van der Waals surface area contributed by atoms with Crippen LogP contribution in [-0.2, 0) is 9.53 Å². The van der Waals surface area contributed by atoms with Crippen LogP contribution < -0.4 is 15.4 Å². The van der Waals surface area contributed by atoms with Crippen molar-refractivity contribution in [1.29, 1.82) is 0 Å². The largest absolute Gasteiger partial charge is 0.487 e. The lowest BCUT2D eigenvalue weighted by Gasteiger charge is -2.35. The summed E-state index contributed by atoms with van der Waals surface area (Å²) in [7, 11) is 0.707. The molecule has 6 nitrogen and oxygen atoms in total. The van der Waals surface area contributed by atoms with Crippen LogP contribution in [0.1, 0.15) is 10.4 Å². The van der Waals surface area contributed by atoms with Gasteiger partial charge in [0.05, 0.1) is 7.11 Å².